The Morgan fingerprint density at radius 3 is 2.56 bits per heavy atom. The first-order chi connectivity index (χ1) is 17.2. The van der Waals surface area contributed by atoms with Gasteiger partial charge in [-0.3, -0.25) is 4.57 Å². The van der Waals surface area contributed by atoms with E-state index in [0.29, 0.717) is 22.7 Å². The summed E-state index contributed by atoms with van der Waals surface area (Å²) in [6.45, 7) is 1.61. The Bertz CT molecular complexity index is 1200. The van der Waals surface area contributed by atoms with Crippen LogP contribution in [0.25, 0.3) is 11.2 Å². The predicted octanol–water partition coefficient (Wildman–Crippen LogP) is 2.69. The molecule has 11 nitrogen and oxygen atoms in total. The van der Waals surface area contributed by atoms with Crippen LogP contribution >= 0.6 is 0 Å². The summed E-state index contributed by atoms with van der Waals surface area (Å²) in [5.41, 5.74) is 1.11. The van der Waals surface area contributed by atoms with Crippen LogP contribution in [-0.2, 0) is 11.3 Å². The van der Waals surface area contributed by atoms with Gasteiger partial charge in [-0.2, -0.15) is 4.98 Å². The first kappa shape index (κ1) is 24.5. The number of fused-ring (bicyclic) bond motifs is 1. The molecule has 4 atom stereocenters. The van der Waals surface area contributed by atoms with Crippen molar-refractivity contribution in [3.05, 3.63) is 30.2 Å². The number of nitrogens with one attached hydrogen (secondary N) is 1. The molecule has 2 fully saturated rings. The van der Waals surface area contributed by atoms with Crippen molar-refractivity contribution in [3.63, 3.8) is 0 Å². The summed E-state index contributed by atoms with van der Waals surface area (Å²) in [5.74, 6) is -0.0450. The summed E-state index contributed by atoms with van der Waals surface area (Å²) in [6, 6.07) is 2.66. The molecule has 3 aromatic rings. The third-order valence-electron chi connectivity index (χ3n) is 6.26. The maximum absolute atomic E-state index is 12.3. The van der Waals surface area contributed by atoms with E-state index in [9.17, 15) is 23.4 Å². The predicted molar refractivity (Wildman–Crippen MR) is 118 cm³/mol. The molecule has 3 N–H and O–H groups in total. The van der Waals surface area contributed by atoms with E-state index in [2.05, 4.69) is 30.0 Å². The fraction of sp³-hybridized carbons (Fsp3) is 0.545. The highest BCUT2D eigenvalue weighted by molar-refractivity contribution is 5.79. The van der Waals surface area contributed by atoms with Crippen molar-refractivity contribution >= 4 is 17.1 Å². The average molecular weight is 510 g/mol. The van der Waals surface area contributed by atoms with Crippen molar-refractivity contribution in [2.24, 2.45) is 0 Å². The zero-order valence-electron chi connectivity index (χ0n) is 19.2. The van der Waals surface area contributed by atoms with Crippen molar-refractivity contribution in [1.29, 1.82) is 0 Å². The molecule has 1 aliphatic heterocycles. The minimum atomic E-state index is -4.83. The highest BCUT2D eigenvalue weighted by Crippen LogP contribution is 2.37. The molecule has 0 amide bonds. The number of imidazole rings is 1. The Morgan fingerprint density at radius 1 is 1.14 bits per heavy atom. The molecule has 0 aromatic carbocycles. The smallest absolute Gasteiger partial charge is 0.471 e. The van der Waals surface area contributed by atoms with Crippen molar-refractivity contribution in [3.8, 4) is 11.8 Å². The second-order valence-electron chi connectivity index (χ2n) is 8.84. The van der Waals surface area contributed by atoms with Gasteiger partial charge >= 0.3 is 6.36 Å². The monoisotopic (exact) mass is 510 g/mol. The Morgan fingerprint density at radius 2 is 1.92 bits per heavy atom. The highest BCUT2D eigenvalue weighted by Gasteiger charge is 2.43. The molecule has 1 saturated carbocycles. The first-order valence-electron chi connectivity index (χ1n) is 11.5. The number of alkyl halides is 3. The summed E-state index contributed by atoms with van der Waals surface area (Å²) in [4.78, 5) is 16.8. The van der Waals surface area contributed by atoms with Crippen molar-refractivity contribution in [1.82, 2.24) is 24.5 Å². The normalized spacial score (nSPS) is 24.9. The topological polar surface area (TPSA) is 137 Å². The molecule has 0 spiro atoms. The van der Waals surface area contributed by atoms with E-state index in [0.717, 1.165) is 31.7 Å². The summed E-state index contributed by atoms with van der Waals surface area (Å²) in [5, 5.41) is 24.3. The highest BCUT2D eigenvalue weighted by atomic mass is 19.4. The van der Waals surface area contributed by atoms with Gasteiger partial charge in [0.2, 0.25) is 17.7 Å². The third kappa shape index (κ3) is 5.01. The van der Waals surface area contributed by atoms with E-state index >= 15 is 0 Å². The number of ether oxygens (including phenoxy) is 3. The van der Waals surface area contributed by atoms with Crippen LogP contribution in [0.4, 0.5) is 19.1 Å². The van der Waals surface area contributed by atoms with Crippen LogP contribution in [0.2, 0.25) is 0 Å². The van der Waals surface area contributed by atoms with Crippen LogP contribution in [0.15, 0.2) is 24.7 Å². The minimum absolute atomic E-state index is 0.0536. The molecule has 0 radical (unpaired) electrons. The molecule has 0 unspecified atom stereocenters. The number of hydrogen-bond donors (Lipinski definition) is 3. The van der Waals surface area contributed by atoms with Crippen molar-refractivity contribution in [2.75, 3.05) is 5.32 Å². The molecule has 36 heavy (non-hydrogen) atoms. The summed E-state index contributed by atoms with van der Waals surface area (Å²) in [6.07, 6.45) is -2.06. The van der Waals surface area contributed by atoms with Crippen molar-refractivity contribution in [2.45, 2.75) is 76.2 Å². The second-order valence-corrected chi connectivity index (χ2v) is 8.84. The Kier molecular flexibility index (Phi) is 6.57. The number of rotatable bonds is 7. The maximum Gasteiger partial charge on any atom is 0.574 e. The number of halogens is 3. The number of nitrogens with zero attached hydrogens (tertiary/aromatic N) is 5. The van der Waals surface area contributed by atoms with Gasteiger partial charge < -0.3 is 29.7 Å². The second kappa shape index (κ2) is 9.67. The number of aliphatic hydroxyl groups is 2. The van der Waals surface area contributed by atoms with Gasteiger partial charge in [0.15, 0.2) is 17.4 Å². The Hall–Kier alpha value is -3.23. The van der Waals surface area contributed by atoms with Crippen LogP contribution < -0.4 is 14.8 Å². The molecule has 3 aromatic heterocycles. The minimum Gasteiger partial charge on any atom is -0.471 e. The van der Waals surface area contributed by atoms with E-state index in [-0.39, 0.29) is 18.5 Å². The van der Waals surface area contributed by atoms with Crippen LogP contribution in [-0.4, -0.2) is 65.4 Å². The maximum atomic E-state index is 12.3. The molecule has 194 valence electrons. The molecule has 0 bridgehead atoms. The zero-order chi connectivity index (χ0) is 25.4. The lowest BCUT2D eigenvalue weighted by Gasteiger charge is -2.21. The van der Waals surface area contributed by atoms with E-state index < -0.39 is 36.8 Å². The van der Waals surface area contributed by atoms with Gasteiger partial charge in [0, 0.05) is 23.9 Å². The van der Waals surface area contributed by atoms with Gasteiger partial charge in [0.05, 0.1) is 6.10 Å². The average Bonchev–Trinajstić information content (AvgIpc) is 3.53. The molecule has 14 heteroatoms. The fourth-order valence-corrected chi connectivity index (χ4v) is 4.46. The lowest BCUT2D eigenvalue weighted by molar-refractivity contribution is -0.276. The SMILES string of the molecule is C[C@H]1O[C@@H](n2c(NC3CCCC3)nc3c(OCc4ccc(OC(F)(F)F)nc4)ncnc32)[C@H](O)[C@@H]1O. The molecule has 5 rings (SSSR count). The molecule has 2 aliphatic rings. The number of anilines is 1. The van der Waals surface area contributed by atoms with Crippen LogP contribution in [0.1, 0.15) is 44.4 Å². The lowest BCUT2D eigenvalue weighted by atomic mass is 10.1. The number of aromatic nitrogens is 5. The van der Waals surface area contributed by atoms with Crippen LogP contribution in [0.3, 0.4) is 0 Å². The zero-order valence-corrected chi connectivity index (χ0v) is 19.2. The standard InChI is InChI=1S/C22H25F3N6O5/c1-11-16(32)17(33)20(35-11)31-18-15(30-21(31)29-13-4-2-3-5-13)19(28-10-27-18)34-9-12-6-7-14(26-8-12)36-22(23,24)25/h6-8,10-11,13,16-17,20,32-33H,2-5,9H2,1H3,(H,29,30)/t11-,16-,17-,20-/m1/s1. The van der Waals surface area contributed by atoms with Crippen LogP contribution in [0.5, 0.6) is 11.8 Å². The Balaban J connectivity index is 1.42. The third-order valence-corrected chi connectivity index (χ3v) is 6.26. The van der Waals surface area contributed by atoms with Gasteiger partial charge in [-0.25, -0.2) is 15.0 Å². The van der Waals surface area contributed by atoms with E-state index in [1.807, 2.05) is 0 Å². The quantitative estimate of drug-likeness (QED) is 0.435. The van der Waals surface area contributed by atoms with Crippen LogP contribution in [0, 0.1) is 0 Å². The number of aliphatic hydroxyl groups excluding tert-OH is 2. The summed E-state index contributed by atoms with van der Waals surface area (Å²) in [7, 11) is 0. The summed E-state index contributed by atoms with van der Waals surface area (Å²) < 4.78 is 54.1. The van der Waals surface area contributed by atoms with Gasteiger partial charge in [-0.05, 0) is 25.8 Å². The molecule has 1 saturated heterocycles. The van der Waals surface area contributed by atoms with Gasteiger partial charge in [0.25, 0.3) is 0 Å². The largest absolute Gasteiger partial charge is 0.574 e. The first-order valence-corrected chi connectivity index (χ1v) is 11.5. The molecular formula is C22H25F3N6O5. The van der Waals surface area contributed by atoms with E-state index in [1.165, 1.54) is 18.6 Å². The summed E-state index contributed by atoms with van der Waals surface area (Å²) >= 11 is 0. The van der Waals surface area contributed by atoms with E-state index in [1.54, 1.807) is 11.5 Å². The number of hydrogen-bond acceptors (Lipinski definition) is 10. The number of pyridine rings is 1. The van der Waals surface area contributed by atoms with Crippen molar-refractivity contribution < 1.29 is 37.6 Å². The molecule has 1 aliphatic carbocycles. The van der Waals surface area contributed by atoms with E-state index in [4.69, 9.17) is 9.47 Å². The fourth-order valence-electron chi connectivity index (χ4n) is 4.46. The van der Waals surface area contributed by atoms with Gasteiger partial charge in [-0.15, -0.1) is 13.2 Å². The molecular weight excluding hydrogens is 485 g/mol. The lowest BCUT2D eigenvalue weighted by Crippen LogP contribution is -2.31. The van der Waals surface area contributed by atoms with Gasteiger partial charge in [-0.1, -0.05) is 12.8 Å². The van der Waals surface area contributed by atoms with Gasteiger partial charge in [0.1, 0.15) is 25.1 Å². The Labute approximate surface area is 203 Å². The molecule has 4 heterocycles.